The van der Waals surface area contributed by atoms with Gasteiger partial charge in [0.05, 0.1) is 24.0 Å². The number of aliphatic hydroxyl groups excluding tert-OH is 1. The summed E-state index contributed by atoms with van der Waals surface area (Å²) in [6.07, 6.45) is 1.67. The van der Waals surface area contributed by atoms with Crippen molar-refractivity contribution in [2.75, 3.05) is 6.79 Å². The van der Waals surface area contributed by atoms with E-state index < -0.39 is 0 Å². The zero-order chi connectivity index (χ0) is 16.9. The molecule has 0 atom stereocenters. The maximum Gasteiger partial charge on any atom is 0.311 e. The Kier molecular flexibility index (Phi) is 5.48. The molecule has 24 heavy (non-hydrogen) atoms. The van der Waals surface area contributed by atoms with Crippen LogP contribution in [0.5, 0.6) is 0 Å². The second-order valence-corrected chi connectivity index (χ2v) is 6.45. The molecule has 0 heterocycles. The normalized spacial score (nSPS) is 28.4. The van der Waals surface area contributed by atoms with Gasteiger partial charge in [0.2, 0.25) is 0 Å². The third-order valence-electron chi connectivity index (χ3n) is 4.60. The summed E-state index contributed by atoms with van der Waals surface area (Å²) in [4.78, 5) is 23.5. The number of hydrogen-bond donors (Lipinski definition) is 1. The lowest BCUT2D eigenvalue weighted by Gasteiger charge is -2.33. The molecule has 0 amide bonds. The molecule has 3 rings (SSSR count). The molecular formula is C18H22O6. The summed E-state index contributed by atoms with van der Waals surface area (Å²) in [6, 6.07) is 9.55. The van der Waals surface area contributed by atoms with Crippen LogP contribution in [0, 0.1) is 11.8 Å². The Labute approximate surface area is 140 Å². The van der Waals surface area contributed by atoms with E-state index in [9.17, 15) is 9.59 Å². The van der Waals surface area contributed by atoms with Gasteiger partial charge in [-0.3, -0.25) is 9.59 Å². The maximum absolute atomic E-state index is 11.9. The van der Waals surface area contributed by atoms with Crippen LogP contribution >= 0.6 is 0 Å². The van der Waals surface area contributed by atoms with E-state index in [4.69, 9.17) is 19.3 Å². The van der Waals surface area contributed by atoms with Gasteiger partial charge in [-0.25, -0.2) is 0 Å². The molecule has 0 aromatic heterocycles. The lowest BCUT2D eigenvalue weighted by atomic mass is 9.82. The van der Waals surface area contributed by atoms with Crippen molar-refractivity contribution in [3.63, 3.8) is 0 Å². The number of ether oxygens (including phenoxy) is 3. The van der Waals surface area contributed by atoms with Crippen LogP contribution in [0.3, 0.4) is 0 Å². The summed E-state index contributed by atoms with van der Waals surface area (Å²) in [5.74, 6) is -0.875. The van der Waals surface area contributed by atoms with E-state index in [1.807, 2.05) is 30.3 Å². The molecule has 6 heteroatoms. The first kappa shape index (κ1) is 16.9. The van der Waals surface area contributed by atoms with Gasteiger partial charge < -0.3 is 19.3 Å². The van der Waals surface area contributed by atoms with Gasteiger partial charge in [-0.2, -0.15) is 0 Å². The number of carbonyl (C=O) groups excluding carboxylic acids is 2. The predicted octanol–water partition coefficient (Wildman–Crippen LogP) is 1.80. The van der Waals surface area contributed by atoms with Crippen molar-refractivity contribution in [1.29, 1.82) is 0 Å². The van der Waals surface area contributed by atoms with E-state index >= 15 is 0 Å². The third-order valence-corrected chi connectivity index (χ3v) is 4.60. The van der Waals surface area contributed by atoms with Gasteiger partial charge in [0.1, 0.15) is 6.61 Å². The van der Waals surface area contributed by atoms with Crippen molar-refractivity contribution < 1.29 is 28.9 Å². The van der Waals surface area contributed by atoms with Crippen molar-refractivity contribution in [2.24, 2.45) is 11.8 Å². The Morgan fingerprint density at radius 3 is 2.25 bits per heavy atom. The van der Waals surface area contributed by atoms with Crippen LogP contribution in [-0.4, -0.2) is 36.0 Å². The molecule has 1 aromatic rings. The molecule has 2 aliphatic carbocycles. The summed E-state index contributed by atoms with van der Waals surface area (Å²) < 4.78 is 15.7. The van der Waals surface area contributed by atoms with Crippen LogP contribution in [-0.2, 0) is 30.4 Å². The largest absolute Gasteiger partial charge is 0.461 e. The molecule has 2 saturated carbocycles. The first-order chi connectivity index (χ1) is 11.6. The van der Waals surface area contributed by atoms with E-state index in [-0.39, 0.29) is 49.4 Å². The highest BCUT2D eigenvalue weighted by Crippen LogP contribution is 2.32. The van der Waals surface area contributed by atoms with Crippen LogP contribution in [0.1, 0.15) is 31.2 Å². The molecule has 0 radical (unpaired) electrons. The molecule has 0 unspecified atom stereocenters. The number of hydrogen-bond acceptors (Lipinski definition) is 6. The lowest BCUT2D eigenvalue weighted by Crippen LogP contribution is -2.39. The molecule has 1 N–H and O–H groups in total. The minimum atomic E-state index is -0.377. The molecule has 0 spiro atoms. The van der Waals surface area contributed by atoms with E-state index in [1.165, 1.54) is 0 Å². The Bertz CT molecular complexity index is 560. The number of esters is 2. The molecule has 0 bridgehead atoms. The smallest absolute Gasteiger partial charge is 0.311 e. The zero-order valence-corrected chi connectivity index (χ0v) is 13.4. The average Bonchev–Trinajstić information content (AvgIpc) is 2.52. The van der Waals surface area contributed by atoms with Crippen LogP contribution < -0.4 is 0 Å². The number of aliphatic hydroxyl groups is 1. The van der Waals surface area contributed by atoms with Crippen molar-refractivity contribution >= 4 is 11.9 Å². The summed E-state index contributed by atoms with van der Waals surface area (Å²) in [6.45, 7) is 0.189. The number of carbonyl (C=O) groups is 2. The molecular weight excluding hydrogens is 312 g/mol. The van der Waals surface area contributed by atoms with Gasteiger partial charge in [-0.1, -0.05) is 30.3 Å². The van der Waals surface area contributed by atoms with Gasteiger partial charge in [0, 0.05) is 0 Å². The first-order valence-corrected chi connectivity index (χ1v) is 8.28. The predicted molar refractivity (Wildman–Crippen MR) is 83.5 cm³/mol. The Balaban J connectivity index is 1.25. The SMILES string of the molecule is O=C(OCOC1CC(C(=O)OCc2ccccc2)C1)C1CC(O)C1. The molecule has 6 nitrogen and oxygen atoms in total. The van der Waals surface area contributed by atoms with Crippen molar-refractivity contribution in [3.05, 3.63) is 35.9 Å². The molecule has 0 aliphatic heterocycles. The Hall–Kier alpha value is -1.92. The second kappa shape index (κ2) is 7.77. The minimum Gasteiger partial charge on any atom is -0.461 e. The van der Waals surface area contributed by atoms with E-state index in [1.54, 1.807) is 0 Å². The number of benzene rings is 1. The monoisotopic (exact) mass is 334 g/mol. The van der Waals surface area contributed by atoms with Gasteiger partial charge in [-0.05, 0) is 31.2 Å². The van der Waals surface area contributed by atoms with Gasteiger partial charge in [0.15, 0.2) is 6.79 Å². The lowest BCUT2D eigenvalue weighted by molar-refractivity contribution is -0.183. The van der Waals surface area contributed by atoms with Gasteiger partial charge in [0.25, 0.3) is 0 Å². The van der Waals surface area contributed by atoms with Crippen LogP contribution in [0.15, 0.2) is 30.3 Å². The number of rotatable bonds is 7. The molecule has 0 saturated heterocycles. The van der Waals surface area contributed by atoms with Crippen LogP contribution in [0.2, 0.25) is 0 Å². The highest BCUT2D eigenvalue weighted by molar-refractivity contribution is 5.74. The van der Waals surface area contributed by atoms with Gasteiger partial charge in [-0.15, -0.1) is 0 Å². The highest BCUT2D eigenvalue weighted by atomic mass is 16.7. The summed E-state index contributed by atoms with van der Waals surface area (Å²) in [7, 11) is 0. The van der Waals surface area contributed by atoms with E-state index in [0.717, 1.165) is 5.56 Å². The quantitative estimate of drug-likeness (QED) is 0.605. The van der Waals surface area contributed by atoms with E-state index in [2.05, 4.69) is 0 Å². The van der Waals surface area contributed by atoms with Crippen molar-refractivity contribution in [1.82, 2.24) is 0 Å². The fraction of sp³-hybridized carbons (Fsp3) is 0.556. The average molecular weight is 334 g/mol. The Morgan fingerprint density at radius 2 is 1.58 bits per heavy atom. The topological polar surface area (TPSA) is 82.1 Å². The molecule has 1 aromatic carbocycles. The summed E-state index contributed by atoms with van der Waals surface area (Å²) in [5, 5.41) is 9.14. The summed E-state index contributed by atoms with van der Waals surface area (Å²) in [5.41, 5.74) is 0.964. The standard InChI is InChI=1S/C18H22O6/c19-15-6-13(7-15)18(21)24-11-23-16-8-14(9-16)17(20)22-10-12-4-2-1-3-5-12/h1-5,13-16,19H,6-11H2. The first-order valence-electron chi connectivity index (χ1n) is 8.28. The third kappa shape index (κ3) is 4.33. The molecule has 2 fully saturated rings. The maximum atomic E-state index is 11.9. The zero-order valence-electron chi connectivity index (χ0n) is 13.4. The minimum absolute atomic E-state index is 0.0703. The molecule has 2 aliphatic rings. The second-order valence-electron chi connectivity index (χ2n) is 6.45. The molecule has 130 valence electrons. The highest BCUT2D eigenvalue weighted by Gasteiger charge is 2.37. The van der Waals surface area contributed by atoms with Gasteiger partial charge >= 0.3 is 11.9 Å². The van der Waals surface area contributed by atoms with Crippen molar-refractivity contribution in [2.45, 2.75) is 44.5 Å². The summed E-state index contributed by atoms with van der Waals surface area (Å²) >= 11 is 0. The Morgan fingerprint density at radius 1 is 0.958 bits per heavy atom. The van der Waals surface area contributed by atoms with Crippen LogP contribution in [0.25, 0.3) is 0 Å². The van der Waals surface area contributed by atoms with Crippen LogP contribution in [0.4, 0.5) is 0 Å². The van der Waals surface area contributed by atoms with Crippen molar-refractivity contribution in [3.8, 4) is 0 Å². The fourth-order valence-electron chi connectivity index (χ4n) is 2.83. The fourth-order valence-corrected chi connectivity index (χ4v) is 2.83. The van der Waals surface area contributed by atoms with E-state index in [0.29, 0.717) is 25.7 Å².